The maximum absolute atomic E-state index is 6.44. The standard InChI is InChI=1S/C16H21ClN2/c17-16-13-9-5-6-10-14(13)19-15(16)11-18-12-7-3-1-2-4-8-12/h5-6,9-10,12,18-19H,1-4,7-8,11H2. The lowest BCUT2D eigenvalue weighted by molar-refractivity contribution is 0.457. The number of H-pyrrole nitrogens is 1. The Morgan fingerprint density at radius 1 is 1.11 bits per heavy atom. The van der Waals surface area contributed by atoms with Crippen molar-refractivity contribution in [3.63, 3.8) is 0 Å². The third-order valence-corrected chi connectivity index (χ3v) is 4.57. The zero-order chi connectivity index (χ0) is 13.1. The highest BCUT2D eigenvalue weighted by molar-refractivity contribution is 6.36. The van der Waals surface area contributed by atoms with Crippen molar-refractivity contribution in [3.05, 3.63) is 35.0 Å². The second-order valence-corrected chi connectivity index (χ2v) is 5.91. The van der Waals surface area contributed by atoms with Crippen LogP contribution in [-0.2, 0) is 6.54 Å². The van der Waals surface area contributed by atoms with Crippen LogP contribution in [0.3, 0.4) is 0 Å². The van der Waals surface area contributed by atoms with Crippen molar-refractivity contribution < 1.29 is 0 Å². The summed E-state index contributed by atoms with van der Waals surface area (Å²) in [5.41, 5.74) is 2.25. The van der Waals surface area contributed by atoms with Gasteiger partial charge in [0.25, 0.3) is 0 Å². The molecule has 0 bridgehead atoms. The van der Waals surface area contributed by atoms with Gasteiger partial charge in [0.05, 0.1) is 5.02 Å². The molecule has 2 N–H and O–H groups in total. The molecule has 2 nitrogen and oxygen atoms in total. The second-order valence-electron chi connectivity index (χ2n) is 5.53. The van der Waals surface area contributed by atoms with Gasteiger partial charge in [-0.25, -0.2) is 0 Å². The quantitative estimate of drug-likeness (QED) is 0.786. The number of aromatic nitrogens is 1. The molecule has 1 aromatic carbocycles. The number of rotatable bonds is 3. The predicted molar refractivity (Wildman–Crippen MR) is 81.6 cm³/mol. The first-order valence-electron chi connectivity index (χ1n) is 7.33. The third-order valence-electron chi connectivity index (χ3n) is 4.14. The molecule has 3 rings (SSSR count). The molecular formula is C16H21ClN2. The Morgan fingerprint density at radius 2 is 1.84 bits per heavy atom. The molecule has 0 spiro atoms. The Kier molecular flexibility index (Phi) is 4.09. The van der Waals surface area contributed by atoms with Crippen LogP contribution < -0.4 is 5.32 Å². The summed E-state index contributed by atoms with van der Waals surface area (Å²) in [5, 5.41) is 5.66. The highest BCUT2D eigenvalue weighted by Crippen LogP contribution is 2.27. The minimum atomic E-state index is 0.657. The van der Waals surface area contributed by atoms with Crippen LogP contribution in [0, 0.1) is 0 Å². The van der Waals surface area contributed by atoms with Gasteiger partial charge in [0.15, 0.2) is 0 Å². The molecule has 1 aliphatic carbocycles. The molecule has 1 heterocycles. The van der Waals surface area contributed by atoms with E-state index in [4.69, 9.17) is 11.6 Å². The normalized spacial score (nSPS) is 17.7. The minimum Gasteiger partial charge on any atom is -0.356 e. The van der Waals surface area contributed by atoms with E-state index < -0.39 is 0 Å². The summed E-state index contributed by atoms with van der Waals surface area (Å²) in [6.45, 7) is 0.845. The van der Waals surface area contributed by atoms with Gasteiger partial charge < -0.3 is 10.3 Å². The first-order chi connectivity index (χ1) is 9.34. The Balaban J connectivity index is 1.69. The van der Waals surface area contributed by atoms with E-state index in [1.54, 1.807) is 0 Å². The average molecular weight is 277 g/mol. The van der Waals surface area contributed by atoms with Crippen LogP contribution in [0.25, 0.3) is 10.9 Å². The Hall–Kier alpha value is -0.990. The van der Waals surface area contributed by atoms with Gasteiger partial charge in [-0.2, -0.15) is 0 Å². The minimum absolute atomic E-state index is 0.657. The molecule has 0 aliphatic heterocycles. The number of aromatic amines is 1. The molecule has 1 aliphatic rings. The van der Waals surface area contributed by atoms with Gasteiger partial charge in [-0.3, -0.25) is 0 Å². The number of hydrogen-bond donors (Lipinski definition) is 2. The van der Waals surface area contributed by atoms with Crippen molar-refractivity contribution in [1.82, 2.24) is 10.3 Å². The van der Waals surface area contributed by atoms with Crippen molar-refractivity contribution in [2.75, 3.05) is 0 Å². The van der Waals surface area contributed by atoms with Gasteiger partial charge in [-0.05, 0) is 18.9 Å². The molecule has 0 atom stereocenters. The SMILES string of the molecule is Clc1c(CNC2CCCCCC2)[nH]c2ccccc12. The van der Waals surface area contributed by atoms with Gasteiger partial charge in [0.1, 0.15) is 0 Å². The lowest BCUT2D eigenvalue weighted by atomic mass is 10.1. The predicted octanol–water partition coefficient (Wildman–Crippen LogP) is 4.63. The summed E-state index contributed by atoms with van der Waals surface area (Å²) in [5.74, 6) is 0. The van der Waals surface area contributed by atoms with Gasteiger partial charge >= 0.3 is 0 Å². The van der Waals surface area contributed by atoms with Gasteiger partial charge in [-0.1, -0.05) is 55.5 Å². The van der Waals surface area contributed by atoms with E-state index in [0.717, 1.165) is 28.2 Å². The molecule has 1 aromatic heterocycles. The van der Waals surface area contributed by atoms with Crippen molar-refractivity contribution in [2.45, 2.75) is 51.1 Å². The van der Waals surface area contributed by atoms with E-state index in [2.05, 4.69) is 22.4 Å². The fourth-order valence-corrected chi connectivity index (χ4v) is 3.29. The van der Waals surface area contributed by atoms with E-state index in [0.29, 0.717) is 6.04 Å². The molecule has 0 radical (unpaired) electrons. The summed E-state index contributed by atoms with van der Waals surface area (Å²) in [7, 11) is 0. The van der Waals surface area contributed by atoms with E-state index in [9.17, 15) is 0 Å². The van der Waals surface area contributed by atoms with Gasteiger partial charge in [0.2, 0.25) is 0 Å². The summed E-state index contributed by atoms with van der Waals surface area (Å²) < 4.78 is 0. The fraction of sp³-hybridized carbons (Fsp3) is 0.500. The first kappa shape index (κ1) is 13.0. The Morgan fingerprint density at radius 3 is 2.58 bits per heavy atom. The van der Waals surface area contributed by atoms with Crippen molar-refractivity contribution in [1.29, 1.82) is 0 Å². The monoisotopic (exact) mass is 276 g/mol. The van der Waals surface area contributed by atoms with E-state index in [1.165, 1.54) is 38.5 Å². The summed E-state index contributed by atoms with van der Waals surface area (Å²) >= 11 is 6.44. The lowest BCUT2D eigenvalue weighted by Crippen LogP contribution is -2.28. The highest BCUT2D eigenvalue weighted by Gasteiger charge is 2.14. The molecule has 3 heteroatoms. The van der Waals surface area contributed by atoms with Crippen LogP contribution in [0.15, 0.2) is 24.3 Å². The molecule has 0 unspecified atom stereocenters. The highest BCUT2D eigenvalue weighted by atomic mass is 35.5. The van der Waals surface area contributed by atoms with Gasteiger partial charge in [0, 0.05) is 29.2 Å². The van der Waals surface area contributed by atoms with Crippen LogP contribution >= 0.6 is 11.6 Å². The van der Waals surface area contributed by atoms with E-state index >= 15 is 0 Å². The van der Waals surface area contributed by atoms with Gasteiger partial charge in [-0.15, -0.1) is 0 Å². The summed E-state index contributed by atoms with van der Waals surface area (Å²) in [6.07, 6.45) is 8.11. The molecule has 1 fully saturated rings. The molecule has 0 amide bonds. The largest absolute Gasteiger partial charge is 0.356 e. The zero-order valence-electron chi connectivity index (χ0n) is 11.2. The summed E-state index contributed by atoms with van der Waals surface area (Å²) in [6, 6.07) is 8.88. The van der Waals surface area contributed by atoms with Crippen LogP contribution in [0.1, 0.15) is 44.2 Å². The molecular weight excluding hydrogens is 256 g/mol. The zero-order valence-corrected chi connectivity index (χ0v) is 12.0. The maximum atomic E-state index is 6.44. The first-order valence-corrected chi connectivity index (χ1v) is 7.71. The van der Waals surface area contributed by atoms with Crippen LogP contribution in [0.2, 0.25) is 5.02 Å². The molecule has 19 heavy (non-hydrogen) atoms. The van der Waals surface area contributed by atoms with Crippen LogP contribution in [-0.4, -0.2) is 11.0 Å². The Labute approximate surface area is 119 Å². The summed E-state index contributed by atoms with van der Waals surface area (Å²) in [4.78, 5) is 3.42. The number of fused-ring (bicyclic) bond motifs is 1. The number of benzene rings is 1. The topological polar surface area (TPSA) is 27.8 Å². The number of para-hydroxylation sites is 1. The van der Waals surface area contributed by atoms with E-state index in [1.807, 2.05) is 12.1 Å². The fourth-order valence-electron chi connectivity index (χ4n) is 3.02. The van der Waals surface area contributed by atoms with Crippen molar-refractivity contribution >= 4 is 22.5 Å². The molecule has 102 valence electrons. The number of nitrogens with one attached hydrogen (secondary N) is 2. The smallest absolute Gasteiger partial charge is 0.0705 e. The second kappa shape index (κ2) is 5.98. The Bertz CT molecular complexity index is 539. The average Bonchev–Trinajstić information content (AvgIpc) is 2.63. The van der Waals surface area contributed by atoms with Crippen LogP contribution in [0.5, 0.6) is 0 Å². The number of hydrogen-bond acceptors (Lipinski definition) is 1. The molecule has 2 aromatic rings. The van der Waals surface area contributed by atoms with E-state index in [-0.39, 0.29) is 0 Å². The van der Waals surface area contributed by atoms with Crippen LogP contribution in [0.4, 0.5) is 0 Å². The lowest BCUT2D eigenvalue weighted by Gasteiger charge is -2.15. The maximum Gasteiger partial charge on any atom is 0.0705 e. The number of halogens is 1. The molecule has 1 saturated carbocycles. The molecule has 0 saturated heterocycles. The van der Waals surface area contributed by atoms with Crippen molar-refractivity contribution in [3.8, 4) is 0 Å². The van der Waals surface area contributed by atoms with Crippen molar-refractivity contribution in [2.24, 2.45) is 0 Å². The third kappa shape index (κ3) is 2.96.